The van der Waals surface area contributed by atoms with Crippen LogP contribution in [0, 0.1) is 0 Å². The number of para-hydroxylation sites is 1. The first-order valence-electron chi connectivity index (χ1n) is 8.28. The Hall–Kier alpha value is -1.59. The maximum Gasteiger partial charge on any atom is 0.322 e. The van der Waals surface area contributed by atoms with Crippen LogP contribution in [0.15, 0.2) is 30.3 Å². The molecule has 0 aliphatic rings. The maximum atomic E-state index is 11.8. The van der Waals surface area contributed by atoms with E-state index in [1.165, 1.54) is 0 Å². The van der Waals surface area contributed by atoms with Gasteiger partial charge in [-0.2, -0.15) is 0 Å². The molecular formula is C18H29NO4. The van der Waals surface area contributed by atoms with Gasteiger partial charge in [0.2, 0.25) is 0 Å². The number of carbonyl (C=O) groups is 1. The summed E-state index contributed by atoms with van der Waals surface area (Å²) in [7, 11) is 0. The highest BCUT2D eigenvalue weighted by Gasteiger charge is 2.31. The molecule has 4 atom stereocenters. The van der Waals surface area contributed by atoms with Gasteiger partial charge in [-0.05, 0) is 38.8 Å². The van der Waals surface area contributed by atoms with Crippen molar-refractivity contribution in [2.24, 2.45) is 5.73 Å². The molecule has 0 radical (unpaired) electrons. The van der Waals surface area contributed by atoms with Gasteiger partial charge in [-0.1, -0.05) is 32.0 Å². The van der Waals surface area contributed by atoms with Crippen molar-refractivity contribution >= 4 is 5.97 Å². The highest BCUT2D eigenvalue weighted by atomic mass is 16.6. The second-order valence-corrected chi connectivity index (χ2v) is 5.64. The third-order valence-electron chi connectivity index (χ3n) is 3.45. The minimum atomic E-state index is -0.653. The van der Waals surface area contributed by atoms with Crippen molar-refractivity contribution in [1.29, 1.82) is 0 Å². The van der Waals surface area contributed by atoms with Gasteiger partial charge in [0.15, 0.2) is 0 Å². The Labute approximate surface area is 139 Å². The molecule has 5 heteroatoms. The Balaban J connectivity index is 2.81. The van der Waals surface area contributed by atoms with Crippen LogP contribution >= 0.6 is 0 Å². The summed E-state index contributed by atoms with van der Waals surface area (Å²) in [6.07, 6.45) is 0.631. The number of rotatable bonds is 10. The van der Waals surface area contributed by atoms with Crippen molar-refractivity contribution in [3.63, 3.8) is 0 Å². The Bertz CT molecular complexity index is 450. The molecule has 0 saturated heterocycles. The van der Waals surface area contributed by atoms with Crippen LogP contribution < -0.4 is 10.5 Å². The minimum absolute atomic E-state index is 0.208. The van der Waals surface area contributed by atoms with Crippen LogP contribution in [0.5, 0.6) is 5.75 Å². The molecule has 1 rings (SSSR count). The number of nitrogens with two attached hydrogens (primary N) is 1. The summed E-state index contributed by atoms with van der Waals surface area (Å²) >= 11 is 0. The van der Waals surface area contributed by atoms with Crippen LogP contribution in [0.3, 0.4) is 0 Å². The number of esters is 1. The van der Waals surface area contributed by atoms with Crippen molar-refractivity contribution in [1.82, 2.24) is 0 Å². The first-order valence-corrected chi connectivity index (χ1v) is 8.28. The summed E-state index contributed by atoms with van der Waals surface area (Å²) in [4.78, 5) is 11.8. The van der Waals surface area contributed by atoms with Crippen LogP contribution in [0.25, 0.3) is 0 Å². The van der Waals surface area contributed by atoms with E-state index in [0.717, 1.165) is 18.6 Å². The Morgan fingerprint density at radius 1 is 1.17 bits per heavy atom. The number of benzene rings is 1. The predicted octanol–water partition coefficient (Wildman–Crippen LogP) is 2.92. The molecule has 0 spiro atoms. The average molecular weight is 323 g/mol. The SMILES string of the molecule is CCCO[C@@H]([C@H](C)OC(=O)[C@H](C)N)[C@H](CC)Oc1ccccc1. The molecule has 0 heterocycles. The van der Waals surface area contributed by atoms with E-state index in [1.807, 2.05) is 51.1 Å². The molecule has 0 aliphatic carbocycles. The molecule has 0 saturated carbocycles. The first-order chi connectivity index (χ1) is 11.0. The molecular weight excluding hydrogens is 294 g/mol. The lowest BCUT2D eigenvalue weighted by molar-refractivity contribution is -0.163. The minimum Gasteiger partial charge on any atom is -0.488 e. The zero-order chi connectivity index (χ0) is 17.2. The molecule has 0 aliphatic heterocycles. The maximum absolute atomic E-state index is 11.8. The monoisotopic (exact) mass is 323 g/mol. The van der Waals surface area contributed by atoms with Gasteiger partial charge in [-0.3, -0.25) is 4.79 Å². The van der Waals surface area contributed by atoms with Crippen LogP contribution in [0.4, 0.5) is 0 Å². The fraction of sp³-hybridized carbons (Fsp3) is 0.611. The quantitative estimate of drug-likeness (QED) is 0.670. The van der Waals surface area contributed by atoms with Crippen molar-refractivity contribution in [3.05, 3.63) is 30.3 Å². The smallest absolute Gasteiger partial charge is 0.322 e. The van der Waals surface area contributed by atoms with Crippen LogP contribution in [0.1, 0.15) is 40.5 Å². The lowest BCUT2D eigenvalue weighted by atomic mass is 10.1. The summed E-state index contributed by atoms with van der Waals surface area (Å²) in [5.74, 6) is 0.340. The standard InChI is InChI=1S/C18H29NO4/c1-5-12-21-17(14(4)22-18(20)13(3)19)16(6-2)23-15-10-8-7-9-11-15/h7-11,13-14,16-17H,5-6,12,19H2,1-4H3/t13-,14-,16-,17-/m0/s1. The fourth-order valence-corrected chi connectivity index (χ4v) is 2.21. The molecule has 0 amide bonds. The van der Waals surface area contributed by atoms with Gasteiger partial charge >= 0.3 is 5.97 Å². The van der Waals surface area contributed by atoms with E-state index >= 15 is 0 Å². The molecule has 0 aromatic heterocycles. The van der Waals surface area contributed by atoms with Crippen molar-refractivity contribution < 1.29 is 19.0 Å². The highest BCUT2D eigenvalue weighted by Crippen LogP contribution is 2.20. The van der Waals surface area contributed by atoms with Gasteiger partial charge in [-0.25, -0.2) is 0 Å². The topological polar surface area (TPSA) is 70.8 Å². The molecule has 0 fully saturated rings. The summed E-state index contributed by atoms with van der Waals surface area (Å²) in [5.41, 5.74) is 5.57. The first kappa shape index (κ1) is 19.5. The van der Waals surface area contributed by atoms with E-state index in [0.29, 0.717) is 6.61 Å². The summed E-state index contributed by atoms with van der Waals surface area (Å²) in [6.45, 7) is 8.07. The van der Waals surface area contributed by atoms with E-state index in [2.05, 4.69) is 0 Å². The molecule has 5 nitrogen and oxygen atoms in total. The molecule has 130 valence electrons. The van der Waals surface area contributed by atoms with Crippen molar-refractivity contribution in [2.45, 2.75) is 64.9 Å². The molecule has 2 N–H and O–H groups in total. The zero-order valence-electron chi connectivity index (χ0n) is 14.5. The lowest BCUT2D eigenvalue weighted by Crippen LogP contribution is -2.45. The van der Waals surface area contributed by atoms with Crippen molar-refractivity contribution in [3.8, 4) is 5.75 Å². The van der Waals surface area contributed by atoms with E-state index in [4.69, 9.17) is 19.9 Å². The molecule has 1 aromatic rings. The van der Waals surface area contributed by atoms with E-state index < -0.39 is 18.1 Å². The van der Waals surface area contributed by atoms with Gasteiger partial charge in [0.1, 0.15) is 30.1 Å². The van der Waals surface area contributed by atoms with Crippen LogP contribution in [-0.4, -0.2) is 36.9 Å². The Morgan fingerprint density at radius 2 is 1.83 bits per heavy atom. The third-order valence-corrected chi connectivity index (χ3v) is 3.45. The summed E-state index contributed by atoms with van der Waals surface area (Å²) < 4.78 is 17.4. The highest BCUT2D eigenvalue weighted by molar-refractivity contribution is 5.75. The van der Waals surface area contributed by atoms with Crippen LogP contribution in [-0.2, 0) is 14.3 Å². The van der Waals surface area contributed by atoms with Gasteiger partial charge < -0.3 is 19.9 Å². The summed E-state index contributed by atoms with van der Waals surface area (Å²) in [6, 6.07) is 8.93. The molecule has 23 heavy (non-hydrogen) atoms. The van der Waals surface area contributed by atoms with E-state index in [1.54, 1.807) is 6.92 Å². The van der Waals surface area contributed by atoms with Gasteiger partial charge in [-0.15, -0.1) is 0 Å². The fourth-order valence-electron chi connectivity index (χ4n) is 2.21. The van der Waals surface area contributed by atoms with Gasteiger partial charge in [0.25, 0.3) is 0 Å². The second-order valence-electron chi connectivity index (χ2n) is 5.64. The Morgan fingerprint density at radius 3 is 2.35 bits per heavy atom. The number of carbonyl (C=O) groups excluding carboxylic acids is 1. The number of hydrogen-bond donors (Lipinski definition) is 1. The van der Waals surface area contributed by atoms with E-state index in [9.17, 15) is 4.79 Å². The number of hydrogen-bond acceptors (Lipinski definition) is 5. The normalized spacial score (nSPS) is 16.2. The largest absolute Gasteiger partial charge is 0.488 e. The third kappa shape index (κ3) is 6.59. The lowest BCUT2D eigenvalue weighted by Gasteiger charge is -2.31. The van der Waals surface area contributed by atoms with Gasteiger partial charge in [0, 0.05) is 6.61 Å². The molecule has 0 unspecified atom stereocenters. The molecule has 0 bridgehead atoms. The van der Waals surface area contributed by atoms with Crippen molar-refractivity contribution in [2.75, 3.05) is 6.61 Å². The second kappa shape index (κ2) is 10.2. The van der Waals surface area contributed by atoms with E-state index in [-0.39, 0.29) is 12.2 Å². The van der Waals surface area contributed by atoms with Crippen LogP contribution in [0.2, 0.25) is 0 Å². The number of ether oxygens (including phenoxy) is 3. The molecule has 1 aromatic carbocycles. The zero-order valence-corrected chi connectivity index (χ0v) is 14.5. The summed E-state index contributed by atoms with van der Waals surface area (Å²) in [5, 5.41) is 0. The predicted molar refractivity (Wildman–Crippen MR) is 90.4 cm³/mol. The Kier molecular flexibility index (Phi) is 8.66. The van der Waals surface area contributed by atoms with Gasteiger partial charge in [0.05, 0.1) is 0 Å². The average Bonchev–Trinajstić information content (AvgIpc) is 2.54.